The molecule has 1 fully saturated rings. The van der Waals surface area contributed by atoms with Gasteiger partial charge in [-0.3, -0.25) is 9.59 Å². The van der Waals surface area contributed by atoms with Gasteiger partial charge in [0.2, 0.25) is 10.1 Å². The molecule has 1 aliphatic rings. The van der Waals surface area contributed by atoms with Crippen molar-refractivity contribution < 1.29 is 22.8 Å². The van der Waals surface area contributed by atoms with Gasteiger partial charge in [0.05, 0.1) is 11.1 Å². The summed E-state index contributed by atoms with van der Waals surface area (Å²) in [4.78, 5) is 28.1. The Hall–Kier alpha value is -2.69. The van der Waals surface area contributed by atoms with Gasteiger partial charge in [-0.15, -0.1) is 10.2 Å². The second-order valence-corrected chi connectivity index (χ2v) is 8.13. The highest BCUT2D eigenvalue weighted by Gasteiger charge is 2.36. The fourth-order valence-electron chi connectivity index (χ4n) is 3.28. The summed E-state index contributed by atoms with van der Waals surface area (Å²) in [6.45, 7) is 3.97. The summed E-state index contributed by atoms with van der Waals surface area (Å²) in [6, 6.07) is 4.81. The minimum atomic E-state index is -4.59. The van der Waals surface area contributed by atoms with Crippen molar-refractivity contribution >= 4 is 28.3 Å². The number of carbonyl (C=O) groups is 2. The zero-order chi connectivity index (χ0) is 22.4. The average Bonchev–Trinajstić information content (AvgIpc) is 3.26. The number of unbranched alkanes of at least 4 members (excludes halogenated alkanes) is 2. The second-order valence-electron chi connectivity index (χ2n) is 7.18. The van der Waals surface area contributed by atoms with Crippen LogP contribution in [0.2, 0.25) is 0 Å². The monoisotopic (exact) mass is 455 g/mol. The predicted molar refractivity (Wildman–Crippen MR) is 111 cm³/mol. The fraction of sp³-hybridized carbons (Fsp3) is 0.500. The first-order chi connectivity index (χ1) is 14.8. The molecule has 0 atom stereocenters. The van der Waals surface area contributed by atoms with Crippen LogP contribution in [0.15, 0.2) is 24.3 Å². The summed E-state index contributed by atoms with van der Waals surface area (Å²) >= 11 is 1.16. The van der Waals surface area contributed by atoms with Crippen LogP contribution in [0.5, 0.6) is 0 Å². The lowest BCUT2D eigenvalue weighted by Crippen LogP contribution is -2.49. The van der Waals surface area contributed by atoms with E-state index in [1.165, 1.54) is 23.1 Å². The van der Waals surface area contributed by atoms with Gasteiger partial charge in [-0.1, -0.05) is 43.2 Å². The van der Waals surface area contributed by atoms with Gasteiger partial charge in [-0.05, 0) is 18.6 Å². The number of halogens is 3. The van der Waals surface area contributed by atoms with Gasteiger partial charge in [-0.25, -0.2) is 0 Å². The number of carbonyl (C=O) groups excluding carboxylic acids is 2. The number of aromatic nitrogens is 2. The Kier molecular flexibility index (Phi) is 7.47. The number of hydrogen-bond donors (Lipinski definition) is 1. The largest absolute Gasteiger partial charge is 0.417 e. The Balaban J connectivity index is 1.58. The van der Waals surface area contributed by atoms with E-state index in [1.54, 1.807) is 0 Å². The molecule has 168 valence electrons. The lowest BCUT2D eigenvalue weighted by atomic mass is 10.1. The normalized spacial score (nSPS) is 14.6. The van der Waals surface area contributed by atoms with E-state index in [4.69, 9.17) is 0 Å². The maximum absolute atomic E-state index is 13.2. The van der Waals surface area contributed by atoms with Crippen molar-refractivity contribution in [2.45, 2.75) is 32.4 Å². The number of anilines is 1. The van der Waals surface area contributed by atoms with E-state index in [2.05, 4.69) is 22.4 Å². The minimum Gasteiger partial charge on any atom is -0.350 e. The van der Waals surface area contributed by atoms with Crippen LogP contribution >= 0.6 is 11.3 Å². The molecule has 31 heavy (non-hydrogen) atoms. The third-order valence-corrected chi connectivity index (χ3v) is 5.96. The van der Waals surface area contributed by atoms with E-state index < -0.39 is 17.6 Å². The van der Waals surface area contributed by atoms with Gasteiger partial charge < -0.3 is 15.1 Å². The molecule has 0 aliphatic carbocycles. The molecule has 11 heteroatoms. The molecule has 2 aromatic rings. The predicted octanol–water partition coefficient (Wildman–Crippen LogP) is 3.44. The molecule has 0 spiro atoms. The van der Waals surface area contributed by atoms with Crippen LogP contribution in [0.3, 0.4) is 0 Å². The molecular weight excluding hydrogens is 431 g/mol. The van der Waals surface area contributed by atoms with Crippen molar-refractivity contribution in [2.24, 2.45) is 0 Å². The third-order valence-electron chi connectivity index (χ3n) is 4.97. The van der Waals surface area contributed by atoms with Gasteiger partial charge in [0, 0.05) is 32.7 Å². The van der Waals surface area contributed by atoms with E-state index in [0.717, 1.165) is 36.7 Å². The molecule has 2 amide bonds. The summed E-state index contributed by atoms with van der Waals surface area (Å²) in [5.41, 5.74) is -1.28. The molecule has 1 aromatic carbocycles. The minimum absolute atomic E-state index is 0.253. The second kappa shape index (κ2) is 10.1. The first-order valence-corrected chi connectivity index (χ1v) is 10.9. The van der Waals surface area contributed by atoms with E-state index in [0.29, 0.717) is 24.8 Å². The molecule has 1 aliphatic heterocycles. The van der Waals surface area contributed by atoms with Gasteiger partial charge in [0.1, 0.15) is 0 Å². The molecular formula is C20H24F3N5O2S. The first kappa shape index (κ1) is 23.0. The number of piperazine rings is 1. The van der Waals surface area contributed by atoms with Crippen LogP contribution in [0.1, 0.15) is 51.9 Å². The fourth-order valence-corrected chi connectivity index (χ4v) is 4.09. The van der Waals surface area contributed by atoms with Crippen molar-refractivity contribution in [3.05, 3.63) is 40.4 Å². The van der Waals surface area contributed by atoms with Gasteiger partial charge in [0.25, 0.3) is 11.8 Å². The maximum Gasteiger partial charge on any atom is 0.417 e. The first-order valence-electron chi connectivity index (χ1n) is 10.1. The van der Waals surface area contributed by atoms with Gasteiger partial charge in [-0.2, -0.15) is 13.2 Å². The van der Waals surface area contributed by atoms with Crippen LogP contribution in [0, 0.1) is 0 Å². The number of rotatable bonds is 7. The number of nitrogens with zero attached hydrogens (tertiary/aromatic N) is 4. The summed E-state index contributed by atoms with van der Waals surface area (Å²) < 4.78 is 39.7. The molecule has 0 saturated carbocycles. The van der Waals surface area contributed by atoms with E-state index in [1.807, 2.05) is 4.90 Å². The highest BCUT2D eigenvalue weighted by molar-refractivity contribution is 7.17. The Morgan fingerprint density at radius 3 is 2.48 bits per heavy atom. The van der Waals surface area contributed by atoms with Crippen molar-refractivity contribution in [3.8, 4) is 0 Å². The van der Waals surface area contributed by atoms with Crippen LogP contribution < -0.4 is 10.2 Å². The smallest absolute Gasteiger partial charge is 0.350 e. The van der Waals surface area contributed by atoms with E-state index in [-0.39, 0.29) is 29.6 Å². The van der Waals surface area contributed by atoms with Crippen molar-refractivity contribution in [2.75, 3.05) is 37.6 Å². The number of amides is 2. The van der Waals surface area contributed by atoms with E-state index >= 15 is 0 Å². The summed E-state index contributed by atoms with van der Waals surface area (Å²) in [5.74, 6) is -0.908. The Morgan fingerprint density at radius 1 is 1.10 bits per heavy atom. The van der Waals surface area contributed by atoms with Crippen LogP contribution in [0.4, 0.5) is 18.3 Å². The summed E-state index contributed by atoms with van der Waals surface area (Å²) in [5, 5.41) is 11.6. The number of alkyl halides is 3. The molecule has 7 nitrogen and oxygen atoms in total. The van der Waals surface area contributed by atoms with Crippen LogP contribution in [0.25, 0.3) is 0 Å². The van der Waals surface area contributed by atoms with E-state index in [9.17, 15) is 22.8 Å². The standard InChI is InChI=1S/C20H24F3N5O2S/c1-2-3-6-9-24-16(29)17-25-26-19(31-17)28-12-10-27(11-13-28)18(30)14-7-4-5-8-15(14)20(21,22)23/h4-5,7-8H,2-3,6,9-13H2,1H3,(H,24,29). The Labute approximate surface area is 182 Å². The lowest BCUT2D eigenvalue weighted by Gasteiger charge is -2.34. The summed E-state index contributed by atoms with van der Waals surface area (Å²) in [6.07, 6.45) is -1.58. The topological polar surface area (TPSA) is 78.4 Å². The van der Waals surface area contributed by atoms with Gasteiger partial charge in [0.15, 0.2) is 0 Å². The Bertz CT molecular complexity index is 910. The molecule has 2 heterocycles. The molecule has 0 unspecified atom stereocenters. The number of benzene rings is 1. The zero-order valence-corrected chi connectivity index (χ0v) is 17.9. The molecule has 0 bridgehead atoms. The SMILES string of the molecule is CCCCCNC(=O)c1nnc(N2CCN(C(=O)c3ccccc3C(F)(F)F)CC2)s1. The summed E-state index contributed by atoms with van der Waals surface area (Å²) in [7, 11) is 0. The van der Waals surface area contributed by atoms with Crippen LogP contribution in [-0.4, -0.2) is 59.6 Å². The highest BCUT2D eigenvalue weighted by atomic mass is 32.1. The molecule has 3 rings (SSSR count). The average molecular weight is 456 g/mol. The van der Waals surface area contributed by atoms with Gasteiger partial charge >= 0.3 is 6.18 Å². The molecule has 1 N–H and O–H groups in total. The lowest BCUT2D eigenvalue weighted by molar-refractivity contribution is -0.138. The van der Waals surface area contributed by atoms with Crippen molar-refractivity contribution in [3.63, 3.8) is 0 Å². The van der Waals surface area contributed by atoms with Crippen molar-refractivity contribution in [1.29, 1.82) is 0 Å². The number of nitrogens with one attached hydrogen (secondary N) is 1. The maximum atomic E-state index is 13.2. The van der Waals surface area contributed by atoms with Crippen LogP contribution in [-0.2, 0) is 6.18 Å². The molecule has 0 radical (unpaired) electrons. The number of hydrogen-bond acceptors (Lipinski definition) is 6. The molecule has 1 aromatic heterocycles. The quantitative estimate of drug-likeness (QED) is 0.647. The third kappa shape index (κ3) is 5.72. The molecule has 1 saturated heterocycles. The zero-order valence-electron chi connectivity index (χ0n) is 17.1. The Morgan fingerprint density at radius 2 is 1.81 bits per heavy atom. The van der Waals surface area contributed by atoms with Crippen molar-refractivity contribution in [1.82, 2.24) is 20.4 Å². The highest BCUT2D eigenvalue weighted by Crippen LogP contribution is 2.32.